The number of alkyl halides is 3. The lowest BCUT2D eigenvalue weighted by molar-refractivity contribution is -0.272. The van der Waals surface area contributed by atoms with E-state index in [4.69, 9.17) is 4.74 Å². The lowest BCUT2D eigenvalue weighted by atomic mass is 9.98. The fraction of sp³-hybridized carbons (Fsp3) is 0.474. The van der Waals surface area contributed by atoms with E-state index in [1.807, 2.05) is 37.3 Å². The Labute approximate surface area is 190 Å². The first-order chi connectivity index (χ1) is 13.8. The quantitative estimate of drug-likeness (QED) is 0.197. The molecule has 0 bridgehead atoms. The number of halogens is 4. The molecule has 11 heteroatoms. The molecule has 7 nitrogen and oxygen atoms in total. The molecule has 1 aromatic heterocycles. The first kappa shape index (κ1) is 26.0. The van der Waals surface area contributed by atoms with Gasteiger partial charge in [-0.15, -0.1) is 24.0 Å². The third kappa shape index (κ3) is 7.04. The number of imidazole rings is 1. The van der Waals surface area contributed by atoms with Crippen molar-refractivity contribution >= 4 is 29.9 Å². The van der Waals surface area contributed by atoms with Crippen molar-refractivity contribution in [2.75, 3.05) is 26.2 Å². The van der Waals surface area contributed by atoms with Crippen LogP contribution < -0.4 is 15.4 Å². The second kappa shape index (κ2) is 12.0. The van der Waals surface area contributed by atoms with Crippen LogP contribution in [0.15, 0.2) is 47.7 Å². The van der Waals surface area contributed by atoms with Gasteiger partial charge < -0.3 is 25.0 Å². The lowest BCUT2D eigenvalue weighted by Gasteiger charge is -2.29. The molecule has 168 valence electrons. The molecule has 1 aromatic carbocycles. The summed E-state index contributed by atoms with van der Waals surface area (Å²) in [5, 5.41) is 16.3. The Morgan fingerprint density at radius 1 is 1.23 bits per heavy atom. The standard InChI is InChI=1S/C19H26F3N5O2.HI/c1-3-23-17(26-12-14-29-15-7-5-4-6-8-15)25-10-9-18(28,19(20,21)22)16-24-11-13-27(16)2;/h4-8,11,13,28H,3,9-10,12,14H2,1-2H3,(H2,23,25,26);1H. The average molecular weight is 541 g/mol. The number of aromatic nitrogens is 2. The molecule has 2 aromatic rings. The molecular formula is C19H27F3IN5O2. The second-order valence-electron chi connectivity index (χ2n) is 6.32. The molecule has 0 saturated carbocycles. The van der Waals surface area contributed by atoms with Gasteiger partial charge in [-0.25, -0.2) is 4.98 Å². The highest BCUT2D eigenvalue weighted by atomic mass is 127. The number of benzene rings is 1. The van der Waals surface area contributed by atoms with E-state index >= 15 is 0 Å². The van der Waals surface area contributed by atoms with Crippen LogP contribution in [0.3, 0.4) is 0 Å². The van der Waals surface area contributed by atoms with E-state index in [0.717, 1.165) is 10.3 Å². The average Bonchev–Trinajstić information content (AvgIpc) is 3.11. The van der Waals surface area contributed by atoms with Gasteiger partial charge in [0, 0.05) is 39.0 Å². The Kier molecular flexibility index (Phi) is 10.4. The molecule has 0 radical (unpaired) electrons. The molecule has 0 spiro atoms. The Morgan fingerprint density at radius 2 is 1.93 bits per heavy atom. The SMILES string of the molecule is CCNC(=NCCC(O)(c1nccn1C)C(F)(F)F)NCCOc1ccccc1.I. The van der Waals surface area contributed by atoms with Gasteiger partial charge in [-0.1, -0.05) is 18.2 Å². The van der Waals surface area contributed by atoms with E-state index in [9.17, 15) is 18.3 Å². The number of rotatable bonds is 9. The Morgan fingerprint density at radius 3 is 2.50 bits per heavy atom. The number of para-hydroxylation sites is 1. The molecule has 0 aliphatic heterocycles. The maximum Gasteiger partial charge on any atom is 0.424 e. The Balaban J connectivity index is 0.00000450. The van der Waals surface area contributed by atoms with Crippen LogP contribution in [0.25, 0.3) is 0 Å². The zero-order valence-electron chi connectivity index (χ0n) is 16.8. The molecule has 1 heterocycles. The second-order valence-corrected chi connectivity index (χ2v) is 6.32. The zero-order valence-corrected chi connectivity index (χ0v) is 19.1. The van der Waals surface area contributed by atoms with Crippen LogP contribution in [0.2, 0.25) is 0 Å². The fourth-order valence-electron chi connectivity index (χ4n) is 2.67. The number of aliphatic imine (C=N–C) groups is 1. The third-order valence-electron chi connectivity index (χ3n) is 4.15. The third-order valence-corrected chi connectivity index (χ3v) is 4.15. The van der Waals surface area contributed by atoms with Crippen molar-refractivity contribution in [3.63, 3.8) is 0 Å². The molecule has 1 atom stereocenters. The Bertz CT molecular complexity index is 786. The molecule has 3 N–H and O–H groups in total. The highest BCUT2D eigenvalue weighted by Crippen LogP contribution is 2.40. The van der Waals surface area contributed by atoms with E-state index in [-0.39, 0.29) is 30.5 Å². The predicted octanol–water partition coefficient (Wildman–Crippen LogP) is 2.81. The molecule has 0 aliphatic rings. The van der Waals surface area contributed by atoms with Crippen molar-refractivity contribution in [1.82, 2.24) is 20.2 Å². The summed E-state index contributed by atoms with van der Waals surface area (Å²) in [6.45, 7) is 2.89. The van der Waals surface area contributed by atoms with E-state index in [0.29, 0.717) is 25.7 Å². The molecule has 1 unspecified atom stereocenters. The number of hydrogen-bond donors (Lipinski definition) is 3. The molecular weight excluding hydrogens is 514 g/mol. The number of aliphatic hydroxyl groups is 1. The van der Waals surface area contributed by atoms with Gasteiger partial charge in [-0.05, 0) is 19.1 Å². The van der Waals surface area contributed by atoms with Crippen molar-refractivity contribution in [3.8, 4) is 5.75 Å². The van der Waals surface area contributed by atoms with Crippen molar-refractivity contribution in [3.05, 3.63) is 48.5 Å². The molecule has 0 aliphatic carbocycles. The zero-order chi connectivity index (χ0) is 21.3. The van der Waals surface area contributed by atoms with Crippen LogP contribution >= 0.6 is 24.0 Å². The molecule has 0 saturated heterocycles. The van der Waals surface area contributed by atoms with Crippen molar-refractivity contribution in [1.29, 1.82) is 0 Å². The topological polar surface area (TPSA) is 83.7 Å². The van der Waals surface area contributed by atoms with Gasteiger partial charge in [0.2, 0.25) is 5.60 Å². The van der Waals surface area contributed by atoms with Crippen molar-refractivity contribution in [2.45, 2.75) is 25.1 Å². The number of guanidine groups is 1. The largest absolute Gasteiger partial charge is 0.492 e. The van der Waals surface area contributed by atoms with Crippen molar-refractivity contribution < 1.29 is 23.0 Å². The fourth-order valence-corrected chi connectivity index (χ4v) is 2.67. The van der Waals surface area contributed by atoms with Gasteiger partial charge in [-0.3, -0.25) is 4.99 Å². The molecule has 30 heavy (non-hydrogen) atoms. The minimum Gasteiger partial charge on any atom is -0.492 e. The van der Waals surface area contributed by atoms with Crippen LogP contribution in [-0.4, -0.2) is 53.0 Å². The normalized spacial score (nSPS) is 13.9. The van der Waals surface area contributed by atoms with Crippen LogP contribution in [0.5, 0.6) is 5.75 Å². The maximum absolute atomic E-state index is 13.5. The summed E-state index contributed by atoms with van der Waals surface area (Å²) >= 11 is 0. The van der Waals surface area contributed by atoms with Crippen LogP contribution in [-0.2, 0) is 12.6 Å². The maximum atomic E-state index is 13.5. The predicted molar refractivity (Wildman–Crippen MR) is 119 cm³/mol. The number of hydrogen-bond acceptors (Lipinski definition) is 4. The van der Waals surface area contributed by atoms with E-state index in [2.05, 4.69) is 20.6 Å². The first-order valence-electron chi connectivity index (χ1n) is 9.25. The van der Waals surface area contributed by atoms with Crippen LogP contribution in [0, 0.1) is 0 Å². The smallest absolute Gasteiger partial charge is 0.424 e. The van der Waals surface area contributed by atoms with Crippen molar-refractivity contribution in [2.24, 2.45) is 12.0 Å². The number of nitrogens with one attached hydrogen (secondary N) is 2. The summed E-state index contributed by atoms with van der Waals surface area (Å²) in [4.78, 5) is 7.81. The molecule has 0 fully saturated rings. The van der Waals surface area contributed by atoms with Gasteiger partial charge in [0.05, 0.1) is 6.54 Å². The van der Waals surface area contributed by atoms with E-state index in [1.54, 1.807) is 0 Å². The monoisotopic (exact) mass is 541 g/mol. The first-order valence-corrected chi connectivity index (χ1v) is 9.25. The van der Waals surface area contributed by atoms with E-state index in [1.165, 1.54) is 19.4 Å². The van der Waals surface area contributed by atoms with Gasteiger partial charge in [-0.2, -0.15) is 13.2 Å². The Hall–Kier alpha value is -2.02. The number of nitrogens with zero attached hydrogens (tertiary/aromatic N) is 3. The highest BCUT2D eigenvalue weighted by Gasteiger charge is 2.57. The van der Waals surface area contributed by atoms with Gasteiger partial charge >= 0.3 is 6.18 Å². The summed E-state index contributed by atoms with van der Waals surface area (Å²) in [6.07, 6.45) is -2.96. The van der Waals surface area contributed by atoms with E-state index < -0.39 is 24.0 Å². The van der Waals surface area contributed by atoms with Gasteiger partial charge in [0.1, 0.15) is 18.2 Å². The minimum absolute atomic E-state index is 0. The highest BCUT2D eigenvalue weighted by molar-refractivity contribution is 14.0. The lowest BCUT2D eigenvalue weighted by Crippen LogP contribution is -2.45. The summed E-state index contributed by atoms with van der Waals surface area (Å²) in [5.74, 6) is 0.601. The van der Waals surface area contributed by atoms with Crippen LogP contribution in [0.4, 0.5) is 13.2 Å². The summed E-state index contributed by atoms with van der Waals surface area (Å²) in [5.41, 5.74) is -3.08. The summed E-state index contributed by atoms with van der Waals surface area (Å²) in [7, 11) is 1.40. The number of ether oxygens (including phenoxy) is 1. The molecule has 2 rings (SSSR count). The van der Waals surface area contributed by atoms with Crippen LogP contribution in [0.1, 0.15) is 19.2 Å². The summed E-state index contributed by atoms with van der Waals surface area (Å²) in [6, 6.07) is 9.26. The van der Waals surface area contributed by atoms with Gasteiger partial charge in [0.15, 0.2) is 5.96 Å². The molecule has 0 amide bonds. The number of aryl methyl sites for hydroxylation is 1. The summed E-state index contributed by atoms with van der Waals surface area (Å²) < 4.78 is 47.3. The minimum atomic E-state index is -4.88. The van der Waals surface area contributed by atoms with Gasteiger partial charge in [0.25, 0.3) is 0 Å².